The van der Waals surface area contributed by atoms with Crippen molar-refractivity contribution < 1.29 is 9.53 Å². The van der Waals surface area contributed by atoms with E-state index < -0.39 is 0 Å². The first-order chi connectivity index (χ1) is 23.6. The number of rotatable bonds is 14. The van der Waals surface area contributed by atoms with E-state index >= 15 is 0 Å². The number of nitrogens with zero attached hydrogens (tertiary/aromatic N) is 4. The zero-order valence-corrected chi connectivity index (χ0v) is 26.5. The van der Waals surface area contributed by atoms with Crippen LogP contribution in [0.3, 0.4) is 0 Å². The summed E-state index contributed by atoms with van der Waals surface area (Å²) < 4.78 is 5.88. The van der Waals surface area contributed by atoms with Gasteiger partial charge < -0.3 is 20.7 Å². The largest absolute Gasteiger partial charge is 0.493 e. The number of para-hydroxylation sites is 2. The first kappa shape index (κ1) is 31.6. The van der Waals surface area contributed by atoms with Crippen molar-refractivity contribution in [1.29, 1.82) is 0 Å². The molecule has 0 aliphatic rings. The second kappa shape index (κ2) is 15.8. The minimum Gasteiger partial charge on any atom is -0.493 e. The zero-order chi connectivity index (χ0) is 33.0. The number of aromatic nitrogens is 4. The van der Waals surface area contributed by atoms with Crippen molar-refractivity contribution in [3.63, 3.8) is 0 Å². The second-order valence-corrected chi connectivity index (χ2v) is 10.9. The van der Waals surface area contributed by atoms with E-state index in [1.807, 2.05) is 109 Å². The molecule has 4 aromatic carbocycles. The first-order valence-electron chi connectivity index (χ1n) is 15.8. The Kier molecular flexibility index (Phi) is 10.4. The van der Waals surface area contributed by atoms with Crippen molar-refractivity contribution in [2.24, 2.45) is 0 Å². The molecular weight excluding hydrogens is 598 g/mol. The number of carbonyl (C=O) groups is 1. The molecule has 2 aromatic heterocycles. The monoisotopic (exact) mass is 633 g/mol. The maximum absolute atomic E-state index is 12.9. The quantitative estimate of drug-likeness (QED) is 0.0802. The van der Waals surface area contributed by atoms with Crippen molar-refractivity contribution in [3.05, 3.63) is 156 Å². The van der Waals surface area contributed by atoms with Gasteiger partial charge in [0.2, 0.25) is 17.8 Å². The van der Waals surface area contributed by atoms with Crippen LogP contribution in [0.4, 0.5) is 34.9 Å². The van der Waals surface area contributed by atoms with Gasteiger partial charge in [0.05, 0.1) is 6.61 Å². The van der Waals surface area contributed by atoms with Crippen molar-refractivity contribution in [2.75, 3.05) is 22.6 Å². The average molecular weight is 634 g/mol. The van der Waals surface area contributed by atoms with Gasteiger partial charge in [0.25, 0.3) is 0 Å². The maximum Gasteiger partial charge on any atom is 0.233 e. The number of benzene rings is 4. The average Bonchev–Trinajstić information content (AvgIpc) is 3.12. The standard InChI is InChI=1S/C39H35N7O2/c1-2-28-13-19-31(40-27-28)25-26-48-35-22-14-29(15-23-35)16-24-36(47)30-17-20-34(21-18-30)43-39-45-37(41-32-9-5-3-6-10-32)44-38(46-39)42-33-11-7-4-8-12-33/h3-24,27H,2,25-26H2,1H3,(H3,41,42,43,44,45,46)/b24-16+. The lowest BCUT2D eigenvalue weighted by atomic mass is 10.1. The number of hydrogen-bond donors (Lipinski definition) is 3. The molecule has 2 heterocycles. The molecule has 3 N–H and O–H groups in total. The van der Waals surface area contributed by atoms with E-state index in [0.717, 1.165) is 46.9 Å². The normalized spacial score (nSPS) is 10.9. The highest BCUT2D eigenvalue weighted by Crippen LogP contribution is 2.22. The molecule has 0 aliphatic heterocycles. The Balaban J connectivity index is 1.05. The maximum atomic E-state index is 12.9. The summed E-state index contributed by atoms with van der Waals surface area (Å²) in [5.41, 5.74) is 6.12. The number of hydrogen-bond acceptors (Lipinski definition) is 9. The fourth-order valence-electron chi connectivity index (χ4n) is 4.72. The van der Waals surface area contributed by atoms with E-state index in [1.54, 1.807) is 24.3 Å². The van der Waals surface area contributed by atoms with Gasteiger partial charge in [-0.3, -0.25) is 9.78 Å². The third-order valence-electron chi connectivity index (χ3n) is 7.35. The summed E-state index contributed by atoms with van der Waals surface area (Å²) in [6.07, 6.45) is 7.00. The van der Waals surface area contributed by atoms with Gasteiger partial charge in [-0.25, -0.2) is 0 Å². The molecule has 0 saturated heterocycles. The van der Waals surface area contributed by atoms with Gasteiger partial charge in [0, 0.05) is 40.9 Å². The lowest BCUT2D eigenvalue weighted by Crippen LogP contribution is -2.07. The number of allylic oxidation sites excluding steroid dienone is 1. The fraction of sp³-hybridized carbons (Fsp3) is 0.103. The van der Waals surface area contributed by atoms with Crippen molar-refractivity contribution >= 4 is 46.8 Å². The SMILES string of the molecule is CCc1ccc(CCOc2ccc(/C=C/C(=O)c3ccc(Nc4nc(Nc5ccccc5)nc(Nc5ccccc5)n4)cc3)cc2)nc1. The van der Waals surface area contributed by atoms with Gasteiger partial charge in [0.15, 0.2) is 5.78 Å². The van der Waals surface area contributed by atoms with Crippen molar-refractivity contribution in [2.45, 2.75) is 19.8 Å². The van der Waals surface area contributed by atoms with Crippen LogP contribution >= 0.6 is 0 Å². The minimum absolute atomic E-state index is 0.104. The van der Waals surface area contributed by atoms with Gasteiger partial charge in [-0.05, 0) is 90.4 Å². The number of ether oxygens (including phenoxy) is 1. The van der Waals surface area contributed by atoms with E-state index in [2.05, 4.69) is 48.9 Å². The summed E-state index contributed by atoms with van der Waals surface area (Å²) >= 11 is 0. The Labute approximate surface area is 279 Å². The molecule has 9 heteroatoms. The summed E-state index contributed by atoms with van der Waals surface area (Å²) in [5.74, 6) is 1.77. The smallest absolute Gasteiger partial charge is 0.233 e. The van der Waals surface area contributed by atoms with Gasteiger partial charge >= 0.3 is 0 Å². The lowest BCUT2D eigenvalue weighted by Gasteiger charge is -2.11. The van der Waals surface area contributed by atoms with Crippen molar-refractivity contribution in [3.8, 4) is 5.75 Å². The first-order valence-corrected chi connectivity index (χ1v) is 15.8. The Morgan fingerprint density at radius 1 is 0.667 bits per heavy atom. The second-order valence-electron chi connectivity index (χ2n) is 10.9. The molecule has 0 fully saturated rings. The predicted molar refractivity (Wildman–Crippen MR) is 192 cm³/mol. The third-order valence-corrected chi connectivity index (χ3v) is 7.35. The highest BCUT2D eigenvalue weighted by atomic mass is 16.5. The Hall–Kier alpha value is -6.35. The number of ketones is 1. The Bertz CT molecular complexity index is 1890. The zero-order valence-electron chi connectivity index (χ0n) is 26.5. The molecule has 0 aliphatic carbocycles. The molecule has 238 valence electrons. The van der Waals surface area contributed by atoms with Crippen molar-refractivity contribution in [1.82, 2.24) is 19.9 Å². The Morgan fingerprint density at radius 3 is 1.75 bits per heavy atom. The lowest BCUT2D eigenvalue weighted by molar-refractivity contribution is 0.104. The molecule has 48 heavy (non-hydrogen) atoms. The molecule has 0 atom stereocenters. The number of pyridine rings is 1. The van der Waals surface area contributed by atoms with Crippen LogP contribution in [0, 0.1) is 0 Å². The third kappa shape index (κ3) is 9.11. The minimum atomic E-state index is -0.104. The number of aryl methyl sites for hydroxylation is 1. The molecule has 0 spiro atoms. The van der Waals surface area contributed by atoms with Gasteiger partial charge in [-0.15, -0.1) is 0 Å². The van der Waals surface area contributed by atoms with Gasteiger partial charge in [0.1, 0.15) is 5.75 Å². The van der Waals surface area contributed by atoms with Crippen LogP contribution in [-0.2, 0) is 12.8 Å². The molecule has 0 radical (unpaired) electrons. The number of anilines is 6. The summed E-state index contributed by atoms with van der Waals surface area (Å²) in [7, 11) is 0. The molecule has 0 amide bonds. The van der Waals surface area contributed by atoms with E-state index in [4.69, 9.17) is 4.74 Å². The van der Waals surface area contributed by atoms with Crippen LogP contribution in [0.15, 0.2) is 134 Å². The van der Waals surface area contributed by atoms with Crippen LogP contribution in [0.25, 0.3) is 6.08 Å². The van der Waals surface area contributed by atoms with Crippen LogP contribution < -0.4 is 20.7 Å². The molecule has 6 rings (SSSR count). The van der Waals surface area contributed by atoms with Crippen LogP contribution in [0.2, 0.25) is 0 Å². The van der Waals surface area contributed by atoms with Crippen LogP contribution in [0.5, 0.6) is 5.75 Å². The van der Waals surface area contributed by atoms with E-state index in [9.17, 15) is 4.79 Å². The molecule has 0 unspecified atom stereocenters. The summed E-state index contributed by atoms with van der Waals surface area (Å²) in [5, 5.41) is 9.68. The van der Waals surface area contributed by atoms with Gasteiger partial charge in [-0.2, -0.15) is 15.0 Å². The topological polar surface area (TPSA) is 114 Å². The fourth-order valence-corrected chi connectivity index (χ4v) is 4.72. The molecular formula is C39H35N7O2. The summed E-state index contributed by atoms with van der Waals surface area (Å²) in [6.45, 7) is 2.66. The molecule has 0 saturated carbocycles. The molecule has 9 nitrogen and oxygen atoms in total. The predicted octanol–water partition coefficient (Wildman–Crippen LogP) is 8.58. The molecule has 6 aromatic rings. The van der Waals surface area contributed by atoms with E-state index in [-0.39, 0.29) is 5.78 Å². The van der Waals surface area contributed by atoms with Crippen LogP contribution in [0.1, 0.15) is 34.1 Å². The summed E-state index contributed by atoms with van der Waals surface area (Å²) in [4.78, 5) is 31.0. The Morgan fingerprint density at radius 2 is 1.23 bits per heavy atom. The number of nitrogens with one attached hydrogen (secondary N) is 3. The van der Waals surface area contributed by atoms with Gasteiger partial charge in [-0.1, -0.05) is 67.6 Å². The molecule has 0 bridgehead atoms. The van der Waals surface area contributed by atoms with Crippen LogP contribution in [-0.4, -0.2) is 32.3 Å². The summed E-state index contributed by atoms with van der Waals surface area (Å²) in [6, 6.07) is 38.3. The highest BCUT2D eigenvalue weighted by molar-refractivity contribution is 6.07. The highest BCUT2D eigenvalue weighted by Gasteiger charge is 2.09. The number of carbonyl (C=O) groups excluding carboxylic acids is 1. The van der Waals surface area contributed by atoms with E-state index in [1.165, 1.54) is 5.56 Å². The van der Waals surface area contributed by atoms with E-state index in [0.29, 0.717) is 30.0 Å².